The molecule has 38 valence electrons. The van der Waals surface area contributed by atoms with E-state index in [-0.39, 0.29) is 0 Å². The van der Waals surface area contributed by atoms with Gasteiger partial charge in [-0.2, -0.15) is 0 Å². The first-order chi connectivity index (χ1) is 3.30. The predicted molar refractivity (Wildman–Crippen MR) is 31.3 cm³/mol. The normalized spacial score (nSPS) is 9.43. The largest absolute Gasteiger partial charge is 0.280 e. The second kappa shape index (κ2) is 1.58. The Balaban J connectivity index is 3.12. The van der Waals surface area contributed by atoms with Crippen LogP contribution in [-0.2, 0) is 0 Å². The molecule has 0 bridgehead atoms. The highest BCUT2D eigenvalue weighted by Crippen LogP contribution is 1.95. The fraction of sp³-hybridized carbons (Fsp3) is 0.250. The van der Waals surface area contributed by atoms with E-state index in [0.717, 1.165) is 5.69 Å². The van der Waals surface area contributed by atoms with Crippen LogP contribution >= 0.6 is 12.8 Å². The van der Waals surface area contributed by atoms with Crippen LogP contribution < -0.4 is 0 Å². The Kier molecular flexibility index (Phi) is 1.06. The highest BCUT2D eigenvalue weighted by Gasteiger charge is 1.84. The van der Waals surface area contributed by atoms with Gasteiger partial charge in [-0.15, -0.1) is 0 Å². The highest BCUT2D eigenvalue weighted by atomic mass is 32.1. The summed E-state index contributed by atoms with van der Waals surface area (Å²) in [6, 6.07) is 0. The smallest absolute Gasteiger partial charge is 0.105 e. The molecule has 0 atom stereocenters. The van der Waals surface area contributed by atoms with Gasteiger partial charge in [0.1, 0.15) is 6.33 Å². The summed E-state index contributed by atoms with van der Waals surface area (Å²) in [4.78, 5) is 3.81. The van der Waals surface area contributed by atoms with E-state index in [2.05, 4.69) is 17.8 Å². The Morgan fingerprint density at radius 2 is 2.57 bits per heavy atom. The monoisotopic (exact) mass is 114 g/mol. The zero-order valence-corrected chi connectivity index (χ0v) is 4.89. The third kappa shape index (κ3) is 0.771. The van der Waals surface area contributed by atoms with E-state index in [1.54, 1.807) is 16.5 Å². The second-order valence-electron chi connectivity index (χ2n) is 1.38. The van der Waals surface area contributed by atoms with Crippen LogP contribution in [0.5, 0.6) is 0 Å². The van der Waals surface area contributed by atoms with Crippen LogP contribution in [0.3, 0.4) is 0 Å². The minimum Gasteiger partial charge on any atom is -0.280 e. The first kappa shape index (κ1) is 4.71. The molecule has 0 aliphatic rings. The number of thiol groups is 1. The van der Waals surface area contributed by atoms with E-state index in [0.29, 0.717) is 0 Å². The fourth-order valence-corrected chi connectivity index (χ4v) is 0.466. The van der Waals surface area contributed by atoms with E-state index < -0.39 is 0 Å². The molecule has 0 aliphatic heterocycles. The van der Waals surface area contributed by atoms with Crippen molar-refractivity contribution in [2.24, 2.45) is 0 Å². The summed E-state index contributed by atoms with van der Waals surface area (Å²) < 4.78 is 1.67. The van der Waals surface area contributed by atoms with Crippen molar-refractivity contribution in [2.75, 3.05) is 0 Å². The van der Waals surface area contributed by atoms with Crippen molar-refractivity contribution in [2.45, 2.75) is 6.92 Å². The van der Waals surface area contributed by atoms with Gasteiger partial charge in [-0.25, -0.2) is 4.98 Å². The van der Waals surface area contributed by atoms with Gasteiger partial charge in [0.2, 0.25) is 0 Å². The van der Waals surface area contributed by atoms with Gasteiger partial charge in [-0.1, -0.05) is 12.8 Å². The molecule has 1 aromatic rings. The summed E-state index contributed by atoms with van der Waals surface area (Å²) in [6.45, 7) is 1.94. The number of hydrogen-bond acceptors (Lipinski definition) is 2. The Hall–Kier alpha value is -0.440. The molecule has 0 aromatic carbocycles. The Labute approximate surface area is 47.7 Å². The van der Waals surface area contributed by atoms with Crippen molar-refractivity contribution in [3.63, 3.8) is 0 Å². The predicted octanol–water partition coefficient (Wildman–Crippen LogP) is 0.884. The number of aromatic nitrogens is 2. The molecule has 3 heteroatoms. The van der Waals surface area contributed by atoms with Crippen molar-refractivity contribution in [1.29, 1.82) is 0 Å². The van der Waals surface area contributed by atoms with Gasteiger partial charge >= 0.3 is 0 Å². The molecule has 0 spiro atoms. The van der Waals surface area contributed by atoms with Crippen LogP contribution in [0.1, 0.15) is 5.69 Å². The van der Waals surface area contributed by atoms with Crippen LogP contribution in [0.2, 0.25) is 0 Å². The molecule has 0 aliphatic carbocycles. The van der Waals surface area contributed by atoms with Gasteiger partial charge in [0.05, 0.1) is 0 Å². The summed E-state index contributed by atoms with van der Waals surface area (Å²) in [5, 5.41) is 0. The molecular formula is C4H6N2S. The fourth-order valence-electron chi connectivity index (χ4n) is 0.355. The average Bonchev–Trinajstić information content (AvgIpc) is 1.91. The maximum atomic E-state index is 4.00. The topological polar surface area (TPSA) is 17.8 Å². The van der Waals surface area contributed by atoms with Gasteiger partial charge in [-0.05, 0) is 6.92 Å². The molecule has 1 aromatic heterocycles. The van der Waals surface area contributed by atoms with Crippen molar-refractivity contribution in [3.05, 3.63) is 18.2 Å². The third-order valence-electron chi connectivity index (χ3n) is 0.799. The number of aryl methyl sites for hydroxylation is 1. The second-order valence-corrected chi connectivity index (χ2v) is 1.81. The summed E-state index contributed by atoms with van der Waals surface area (Å²) in [5.41, 5.74) is 1.06. The SMILES string of the molecule is Cc1cncn1S. The van der Waals surface area contributed by atoms with E-state index in [1.807, 2.05) is 6.92 Å². The van der Waals surface area contributed by atoms with E-state index in [1.165, 1.54) is 0 Å². The lowest BCUT2D eigenvalue weighted by Gasteiger charge is -1.85. The molecule has 0 saturated heterocycles. The van der Waals surface area contributed by atoms with Crippen molar-refractivity contribution >= 4 is 12.8 Å². The van der Waals surface area contributed by atoms with Gasteiger partial charge in [-0.3, -0.25) is 3.97 Å². The number of nitrogens with zero attached hydrogens (tertiary/aromatic N) is 2. The Morgan fingerprint density at radius 1 is 1.86 bits per heavy atom. The minimum absolute atomic E-state index is 1.06. The molecule has 2 nitrogen and oxygen atoms in total. The molecule has 1 heterocycles. The Bertz CT molecular complexity index is 142. The molecule has 0 radical (unpaired) electrons. The lowest BCUT2D eigenvalue weighted by molar-refractivity contribution is 1.18. The molecule has 0 unspecified atom stereocenters. The molecular weight excluding hydrogens is 108 g/mol. The lowest BCUT2D eigenvalue weighted by Crippen LogP contribution is -1.76. The van der Waals surface area contributed by atoms with E-state index in [4.69, 9.17) is 0 Å². The Morgan fingerprint density at radius 3 is 2.71 bits per heavy atom. The standard InChI is InChI=1S/C4H6N2S/c1-4-2-5-3-6(4)7/h2-3,7H,1H3. The zero-order valence-electron chi connectivity index (χ0n) is 4.00. The van der Waals surface area contributed by atoms with E-state index >= 15 is 0 Å². The van der Waals surface area contributed by atoms with Crippen LogP contribution in [-0.4, -0.2) is 8.96 Å². The molecule has 7 heavy (non-hydrogen) atoms. The molecule has 0 saturated carbocycles. The molecule has 0 amide bonds. The van der Waals surface area contributed by atoms with Gasteiger partial charge in [0.25, 0.3) is 0 Å². The first-order valence-electron chi connectivity index (χ1n) is 1.99. The van der Waals surface area contributed by atoms with Crippen molar-refractivity contribution in [1.82, 2.24) is 8.96 Å². The number of imidazole rings is 1. The summed E-state index contributed by atoms with van der Waals surface area (Å²) in [6.07, 6.45) is 3.41. The molecule has 0 N–H and O–H groups in total. The van der Waals surface area contributed by atoms with E-state index in [9.17, 15) is 0 Å². The van der Waals surface area contributed by atoms with Gasteiger partial charge < -0.3 is 0 Å². The van der Waals surface area contributed by atoms with Crippen molar-refractivity contribution in [3.8, 4) is 0 Å². The van der Waals surface area contributed by atoms with Crippen molar-refractivity contribution < 1.29 is 0 Å². The maximum Gasteiger partial charge on any atom is 0.105 e. The number of hydrogen-bond donors (Lipinski definition) is 1. The highest BCUT2D eigenvalue weighted by molar-refractivity contribution is 7.78. The van der Waals surface area contributed by atoms with Gasteiger partial charge in [0, 0.05) is 11.9 Å². The first-order valence-corrected chi connectivity index (χ1v) is 2.39. The van der Waals surface area contributed by atoms with Crippen LogP contribution in [0.25, 0.3) is 0 Å². The maximum absolute atomic E-state index is 4.00. The minimum atomic E-state index is 1.06. The van der Waals surface area contributed by atoms with Gasteiger partial charge in [0.15, 0.2) is 0 Å². The summed E-state index contributed by atoms with van der Waals surface area (Å²) >= 11 is 4.00. The van der Waals surface area contributed by atoms with Crippen LogP contribution in [0.15, 0.2) is 12.5 Å². The molecule has 0 fully saturated rings. The van der Waals surface area contributed by atoms with Crippen LogP contribution in [0.4, 0.5) is 0 Å². The average molecular weight is 114 g/mol. The third-order valence-corrected chi connectivity index (χ3v) is 1.22. The quantitative estimate of drug-likeness (QED) is 0.496. The van der Waals surface area contributed by atoms with Crippen LogP contribution in [0, 0.1) is 6.92 Å². The zero-order chi connectivity index (χ0) is 5.28. The number of rotatable bonds is 0. The lowest BCUT2D eigenvalue weighted by atomic mass is 10.6. The summed E-state index contributed by atoms with van der Waals surface area (Å²) in [7, 11) is 0. The molecule has 1 rings (SSSR count). The summed E-state index contributed by atoms with van der Waals surface area (Å²) in [5.74, 6) is 0.